The topological polar surface area (TPSA) is 24.9 Å². The van der Waals surface area contributed by atoms with Crippen molar-refractivity contribution >= 4 is 11.3 Å². The lowest BCUT2D eigenvalue weighted by molar-refractivity contribution is 0.727. The van der Waals surface area contributed by atoms with Gasteiger partial charge in [0.2, 0.25) is 0 Å². The summed E-state index contributed by atoms with van der Waals surface area (Å²) in [6.07, 6.45) is 2.63. The third-order valence-corrected chi connectivity index (χ3v) is 4.65. The molecule has 1 aromatic carbocycles. The van der Waals surface area contributed by atoms with E-state index in [0.717, 1.165) is 19.0 Å². The van der Waals surface area contributed by atoms with Crippen molar-refractivity contribution in [3.63, 3.8) is 0 Å². The monoisotopic (exact) mass is 272 g/mol. The molecule has 1 aliphatic carbocycles. The molecule has 0 saturated heterocycles. The van der Waals surface area contributed by atoms with Crippen LogP contribution in [0.4, 0.5) is 0 Å². The smallest absolute Gasteiger partial charge is 0.123 e. The lowest BCUT2D eigenvalue weighted by atomic mass is 10.1. The number of rotatable bonds is 5. The molecule has 100 valence electrons. The van der Waals surface area contributed by atoms with Crippen LogP contribution in [0.5, 0.6) is 0 Å². The first kappa shape index (κ1) is 12.8. The van der Waals surface area contributed by atoms with Crippen LogP contribution in [0.15, 0.2) is 24.3 Å². The normalized spacial score (nSPS) is 14.8. The van der Waals surface area contributed by atoms with Gasteiger partial charge in [0, 0.05) is 22.9 Å². The van der Waals surface area contributed by atoms with Crippen LogP contribution in [0, 0.1) is 6.92 Å². The van der Waals surface area contributed by atoms with Gasteiger partial charge in [-0.25, -0.2) is 4.98 Å². The van der Waals surface area contributed by atoms with Crippen LogP contribution in [0.1, 0.15) is 41.8 Å². The molecule has 0 radical (unpaired) electrons. The lowest BCUT2D eigenvalue weighted by Gasteiger charge is -2.00. The van der Waals surface area contributed by atoms with Gasteiger partial charge in [-0.05, 0) is 26.3 Å². The highest BCUT2D eigenvalue weighted by atomic mass is 32.1. The van der Waals surface area contributed by atoms with E-state index in [-0.39, 0.29) is 0 Å². The Hall–Kier alpha value is -1.19. The zero-order valence-corrected chi connectivity index (χ0v) is 12.4. The molecule has 1 heterocycles. The molecule has 0 spiro atoms. The molecule has 2 aromatic rings. The highest BCUT2D eigenvalue weighted by Crippen LogP contribution is 2.44. The fraction of sp³-hybridized carbons (Fsp3) is 0.438. The quantitative estimate of drug-likeness (QED) is 0.886. The molecule has 19 heavy (non-hydrogen) atoms. The van der Waals surface area contributed by atoms with E-state index < -0.39 is 0 Å². The van der Waals surface area contributed by atoms with E-state index in [0.29, 0.717) is 0 Å². The predicted octanol–water partition coefficient (Wildman–Crippen LogP) is 4.11. The molecule has 2 nitrogen and oxygen atoms in total. The standard InChI is InChI=1S/C16H20N2S/c1-3-17-10-14-15(12-8-9-12)18-16(19-14)13-6-4-11(2)5-7-13/h4-7,12,17H,3,8-10H2,1-2H3. The van der Waals surface area contributed by atoms with Crippen LogP contribution < -0.4 is 5.32 Å². The molecule has 3 rings (SSSR count). The largest absolute Gasteiger partial charge is 0.312 e. The molecule has 0 amide bonds. The fourth-order valence-corrected chi connectivity index (χ4v) is 3.35. The van der Waals surface area contributed by atoms with E-state index in [1.165, 1.54) is 39.5 Å². The van der Waals surface area contributed by atoms with Gasteiger partial charge in [0.1, 0.15) is 5.01 Å². The van der Waals surface area contributed by atoms with Crippen LogP contribution in [-0.2, 0) is 6.54 Å². The highest BCUT2D eigenvalue weighted by molar-refractivity contribution is 7.15. The molecular formula is C16H20N2S. The Balaban J connectivity index is 1.91. The van der Waals surface area contributed by atoms with Gasteiger partial charge in [-0.15, -0.1) is 11.3 Å². The number of thiazole rings is 1. The summed E-state index contributed by atoms with van der Waals surface area (Å²) in [4.78, 5) is 6.33. The lowest BCUT2D eigenvalue weighted by Crippen LogP contribution is -2.11. The Morgan fingerprint density at radius 3 is 2.63 bits per heavy atom. The molecule has 0 atom stereocenters. The first-order valence-corrected chi connectivity index (χ1v) is 7.87. The number of nitrogens with one attached hydrogen (secondary N) is 1. The molecule has 1 aliphatic rings. The number of nitrogens with zero attached hydrogens (tertiary/aromatic N) is 1. The first-order valence-electron chi connectivity index (χ1n) is 7.05. The van der Waals surface area contributed by atoms with E-state index in [4.69, 9.17) is 4.98 Å². The van der Waals surface area contributed by atoms with Gasteiger partial charge in [-0.3, -0.25) is 0 Å². The Labute approximate surface area is 118 Å². The highest BCUT2D eigenvalue weighted by Gasteiger charge is 2.29. The Kier molecular flexibility index (Phi) is 3.67. The molecule has 1 saturated carbocycles. The summed E-state index contributed by atoms with van der Waals surface area (Å²) in [5.74, 6) is 0.726. The molecule has 1 aromatic heterocycles. The SMILES string of the molecule is CCNCc1sc(-c2ccc(C)cc2)nc1C1CC1. The molecule has 0 aliphatic heterocycles. The van der Waals surface area contributed by atoms with E-state index in [1.54, 1.807) is 0 Å². The van der Waals surface area contributed by atoms with Crippen molar-refractivity contribution < 1.29 is 0 Å². The molecule has 0 bridgehead atoms. The number of benzene rings is 1. The van der Waals surface area contributed by atoms with Crippen molar-refractivity contribution in [2.24, 2.45) is 0 Å². The van der Waals surface area contributed by atoms with Crippen LogP contribution in [0.3, 0.4) is 0 Å². The summed E-state index contributed by atoms with van der Waals surface area (Å²) >= 11 is 1.85. The molecular weight excluding hydrogens is 252 g/mol. The van der Waals surface area contributed by atoms with Crippen molar-refractivity contribution in [1.82, 2.24) is 10.3 Å². The van der Waals surface area contributed by atoms with E-state index >= 15 is 0 Å². The summed E-state index contributed by atoms with van der Waals surface area (Å²) in [5.41, 5.74) is 3.90. The van der Waals surface area contributed by atoms with Gasteiger partial charge in [-0.2, -0.15) is 0 Å². The maximum absolute atomic E-state index is 4.90. The average Bonchev–Trinajstić information content (AvgIpc) is 3.18. The summed E-state index contributed by atoms with van der Waals surface area (Å²) in [6, 6.07) is 8.69. The minimum atomic E-state index is 0.726. The van der Waals surface area contributed by atoms with Crippen molar-refractivity contribution in [3.8, 4) is 10.6 Å². The maximum Gasteiger partial charge on any atom is 0.123 e. The number of hydrogen-bond acceptors (Lipinski definition) is 3. The minimum Gasteiger partial charge on any atom is -0.312 e. The van der Waals surface area contributed by atoms with Crippen molar-refractivity contribution in [2.75, 3.05) is 6.54 Å². The van der Waals surface area contributed by atoms with Crippen LogP contribution >= 0.6 is 11.3 Å². The Morgan fingerprint density at radius 2 is 2.00 bits per heavy atom. The van der Waals surface area contributed by atoms with E-state index in [9.17, 15) is 0 Å². The van der Waals surface area contributed by atoms with Crippen molar-refractivity contribution in [2.45, 2.75) is 39.2 Å². The van der Waals surface area contributed by atoms with Crippen molar-refractivity contribution in [3.05, 3.63) is 40.4 Å². The maximum atomic E-state index is 4.90. The van der Waals surface area contributed by atoms with Crippen LogP contribution in [-0.4, -0.2) is 11.5 Å². The second kappa shape index (κ2) is 5.43. The number of aromatic nitrogens is 1. The zero-order chi connectivity index (χ0) is 13.2. The second-order valence-electron chi connectivity index (χ2n) is 5.25. The molecule has 1 fully saturated rings. The van der Waals surface area contributed by atoms with Crippen molar-refractivity contribution in [1.29, 1.82) is 0 Å². The van der Waals surface area contributed by atoms with Gasteiger partial charge in [0.25, 0.3) is 0 Å². The fourth-order valence-electron chi connectivity index (χ4n) is 2.22. The number of aryl methyl sites for hydroxylation is 1. The second-order valence-corrected chi connectivity index (χ2v) is 6.33. The first-order chi connectivity index (χ1) is 9.28. The minimum absolute atomic E-state index is 0.726. The summed E-state index contributed by atoms with van der Waals surface area (Å²) in [5, 5.41) is 4.61. The molecule has 1 N–H and O–H groups in total. The Bertz CT molecular complexity index is 553. The van der Waals surface area contributed by atoms with Crippen LogP contribution in [0.25, 0.3) is 10.6 Å². The van der Waals surface area contributed by atoms with Gasteiger partial charge in [-0.1, -0.05) is 36.8 Å². The predicted molar refractivity (Wildman–Crippen MR) is 81.6 cm³/mol. The third kappa shape index (κ3) is 2.88. The van der Waals surface area contributed by atoms with Gasteiger partial charge in [0.15, 0.2) is 0 Å². The molecule has 3 heteroatoms. The van der Waals surface area contributed by atoms with Crippen LogP contribution in [0.2, 0.25) is 0 Å². The summed E-state index contributed by atoms with van der Waals surface area (Å²) in [6.45, 7) is 6.25. The summed E-state index contributed by atoms with van der Waals surface area (Å²) < 4.78 is 0. The Morgan fingerprint density at radius 1 is 1.26 bits per heavy atom. The van der Waals surface area contributed by atoms with Gasteiger partial charge < -0.3 is 5.32 Å². The third-order valence-electron chi connectivity index (χ3n) is 3.53. The van der Waals surface area contributed by atoms with E-state index in [1.807, 2.05) is 11.3 Å². The number of hydrogen-bond donors (Lipinski definition) is 1. The van der Waals surface area contributed by atoms with E-state index in [2.05, 4.69) is 43.4 Å². The summed E-state index contributed by atoms with van der Waals surface area (Å²) in [7, 11) is 0. The average molecular weight is 272 g/mol. The zero-order valence-electron chi connectivity index (χ0n) is 11.6. The molecule has 0 unspecified atom stereocenters. The van der Waals surface area contributed by atoms with Gasteiger partial charge in [0.05, 0.1) is 5.69 Å². The van der Waals surface area contributed by atoms with Gasteiger partial charge >= 0.3 is 0 Å².